The molecule has 29 heavy (non-hydrogen) atoms. The first-order valence-electron chi connectivity index (χ1n) is 8.94. The number of carbonyl (C=O) groups excluding carboxylic acids is 1. The SMILES string of the molecule is O=C(CSc1nnc(-c2cccc(Cl)c2)o1)n1c2ccccc2c2ccccc21. The van der Waals surface area contributed by atoms with Crippen LogP contribution in [0, 0.1) is 0 Å². The van der Waals surface area contributed by atoms with Gasteiger partial charge < -0.3 is 4.42 Å². The van der Waals surface area contributed by atoms with E-state index in [0.717, 1.165) is 27.4 Å². The van der Waals surface area contributed by atoms with E-state index < -0.39 is 0 Å². The number of para-hydroxylation sites is 2. The van der Waals surface area contributed by atoms with Gasteiger partial charge in [-0.3, -0.25) is 9.36 Å². The van der Waals surface area contributed by atoms with Crippen molar-refractivity contribution in [2.75, 3.05) is 5.75 Å². The topological polar surface area (TPSA) is 60.9 Å². The molecular formula is C22H14ClN3O2S. The van der Waals surface area contributed by atoms with Crippen molar-refractivity contribution in [3.8, 4) is 11.5 Å². The van der Waals surface area contributed by atoms with Crippen molar-refractivity contribution >= 4 is 51.1 Å². The van der Waals surface area contributed by atoms with E-state index in [4.69, 9.17) is 16.0 Å². The number of benzene rings is 3. The molecule has 0 fully saturated rings. The molecule has 0 aliphatic rings. The summed E-state index contributed by atoms with van der Waals surface area (Å²) in [6.45, 7) is 0. The first kappa shape index (κ1) is 18.0. The van der Waals surface area contributed by atoms with E-state index in [1.165, 1.54) is 11.8 Å². The first-order chi connectivity index (χ1) is 14.2. The molecule has 5 aromatic rings. The molecule has 0 atom stereocenters. The Labute approximate surface area is 175 Å². The zero-order chi connectivity index (χ0) is 19.8. The predicted octanol–water partition coefficient (Wildman–Crippen LogP) is 5.93. The molecule has 0 amide bonds. The monoisotopic (exact) mass is 419 g/mol. The van der Waals surface area contributed by atoms with Crippen LogP contribution in [-0.2, 0) is 0 Å². The van der Waals surface area contributed by atoms with Gasteiger partial charge in [-0.1, -0.05) is 65.8 Å². The molecule has 0 saturated heterocycles. The van der Waals surface area contributed by atoms with E-state index in [1.807, 2.05) is 60.7 Å². The summed E-state index contributed by atoms with van der Waals surface area (Å²) in [7, 11) is 0. The number of hydrogen-bond donors (Lipinski definition) is 0. The average molecular weight is 420 g/mol. The van der Waals surface area contributed by atoms with Gasteiger partial charge in [0.1, 0.15) is 0 Å². The lowest BCUT2D eigenvalue weighted by Crippen LogP contribution is -2.12. The largest absolute Gasteiger partial charge is 0.411 e. The van der Waals surface area contributed by atoms with Crippen LogP contribution in [0.3, 0.4) is 0 Å². The molecule has 0 aliphatic carbocycles. The Morgan fingerprint density at radius 3 is 2.31 bits per heavy atom. The van der Waals surface area contributed by atoms with Gasteiger partial charge in [0.05, 0.1) is 16.8 Å². The number of thioether (sulfide) groups is 1. The molecule has 3 aromatic carbocycles. The Balaban J connectivity index is 1.42. The maximum atomic E-state index is 13.1. The quantitative estimate of drug-likeness (QED) is 0.338. The molecule has 142 valence electrons. The second-order valence-corrected chi connectivity index (χ2v) is 7.80. The normalized spacial score (nSPS) is 11.3. The highest BCUT2D eigenvalue weighted by Gasteiger charge is 2.17. The van der Waals surface area contributed by atoms with Crippen LogP contribution in [-0.4, -0.2) is 26.4 Å². The Morgan fingerprint density at radius 1 is 0.931 bits per heavy atom. The summed E-state index contributed by atoms with van der Waals surface area (Å²) in [5.41, 5.74) is 2.53. The van der Waals surface area contributed by atoms with Crippen molar-refractivity contribution in [2.45, 2.75) is 5.22 Å². The van der Waals surface area contributed by atoms with Crippen LogP contribution in [0.4, 0.5) is 0 Å². The summed E-state index contributed by atoms with van der Waals surface area (Å²) in [6, 6.07) is 23.0. The fourth-order valence-corrected chi connectivity index (χ4v) is 4.19. The zero-order valence-corrected chi connectivity index (χ0v) is 16.7. The second kappa shape index (κ2) is 7.39. The number of hydrogen-bond acceptors (Lipinski definition) is 5. The predicted molar refractivity (Wildman–Crippen MR) is 116 cm³/mol. The van der Waals surface area contributed by atoms with E-state index in [1.54, 1.807) is 16.7 Å². The minimum absolute atomic E-state index is 0.0464. The lowest BCUT2D eigenvalue weighted by atomic mass is 10.2. The van der Waals surface area contributed by atoms with E-state index in [2.05, 4.69) is 10.2 Å². The smallest absolute Gasteiger partial charge is 0.277 e. The highest BCUT2D eigenvalue weighted by Crippen LogP contribution is 2.30. The molecule has 0 unspecified atom stereocenters. The maximum absolute atomic E-state index is 13.1. The molecule has 5 rings (SSSR count). The van der Waals surface area contributed by atoms with Crippen LogP contribution < -0.4 is 0 Å². The number of nitrogens with zero attached hydrogens (tertiary/aromatic N) is 3. The minimum Gasteiger partial charge on any atom is -0.411 e. The van der Waals surface area contributed by atoms with Gasteiger partial charge >= 0.3 is 0 Å². The molecule has 0 aliphatic heterocycles. The molecule has 0 saturated carbocycles. The van der Waals surface area contributed by atoms with Crippen LogP contribution in [0.1, 0.15) is 4.79 Å². The summed E-state index contributed by atoms with van der Waals surface area (Å²) in [4.78, 5) is 13.1. The van der Waals surface area contributed by atoms with Gasteiger partial charge in [-0.2, -0.15) is 0 Å². The van der Waals surface area contributed by atoms with Crippen molar-refractivity contribution < 1.29 is 9.21 Å². The van der Waals surface area contributed by atoms with Gasteiger partial charge in [-0.15, -0.1) is 10.2 Å². The molecule has 0 spiro atoms. The van der Waals surface area contributed by atoms with Crippen molar-refractivity contribution in [1.29, 1.82) is 0 Å². The standard InChI is InChI=1S/C22H14ClN3O2S/c23-15-7-5-6-14(12-15)21-24-25-22(28-21)29-13-20(27)26-18-10-3-1-8-16(18)17-9-2-4-11-19(17)26/h1-12H,13H2. The molecule has 2 aromatic heterocycles. The van der Waals surface area contributed by atoms with Gasteiger partial charge in [0.2, 0.25) is 11.8 Å². The van der Waals surface area contributed by atoms with E-state index in [-0.39, 0.29) is 11.7 Å². The van der Waals surface area contributed by atoms with Crippen molar-refractivity contribution in [3.63, 3.8) is 0 Å². The van der Waals surface area contributed by atoms with Gasteiger partial charge in [-0.25, -0.2) is 0 Å². The Morgan fingerprint density at radius 2 is 1.62 bits per heavy atom. The molecule has 0 bridgehead atoms. The Hall–Kier alpha value is -3.09. The van der Waals surface area contributed by atoms with Crippen LogP contribution in [0.25, 0.3) is 33.3 Å². The molecule has 2 heterocycles. The van der Waals surface area contributed by atoms with Crippen molar-refractivity contribution in [3.05, 3.63) is 77.8 Å². The summed E-state index contributed by atoms with van der Waals surface area (Å²) >= 11 is 7.23. The fraction of sp³-hybridized carbons (Fsp3) is 0.0455. The van der Waals surface area contributed by atoms with Crippen molar-refractivity contribution in [2.24, 2.45) is 0 Å². The molecule has 0 radical (unpaired) electrons. The second-order valence-electron chi connectivity index (χ2n) is 6.44. The third-order valence-electron chi connectivity index (χ3n) is 4.63. The number of fused-ring (bicyclic) bond motifs is 3. The van der Waals surface area contributed by atoms with Crippen LogP contribution in [0.2, 0.25) is 5.02 Å². The van der Waals surface area contributed by atoms with Crippen LogP contribution in [0.5, 0.6) is 0 Å². The number of aromatic nitrogens is 3. The van der Waals surface area contributed by atoms with Gasteiger partial charge in [0.25, 0.3) is 5.22 Å². The zero-order valence-electron chi connectivity index (χ0n) is 15.1. The first-order valence-corrected chi connectivity index (χ1v) is 10.3. The average Bonchev–Trinajstić information content (AvgIpc) is 3.35. The third kappa shape index (κ3) is 3.30. The summed E-state index contributed by atoms with van der Waals surface area (Å²) in [5.74, 6) is 0.508. The van der Waals surface area contributed by atoms with Crippen LogP contribution in [0.15, 0.2) is 82.4 Å². The molecule has 0 N–H and O–H groups in total. The van der Waals surface area contributed by atoms with Gasteiger partial charge in [-0.05, 0) is 30.3 Å². The van der Waals surface area contributed by atoms with Gasteiger partial charge in [0.15, 0.2) is 0 Å². The molecular weight excluding hydrogens is 406 g/mol. The Bertz CT molecular complexity index is 1310. The highest BCUT2D eigenvalue weighted by molar-refractivity contribution is 7.99. The summed E-state index contributed by atoms with van der Waals surface area (Å²) in [6.07, 6.45) is 0. The van der Waals surface area contributed by atoms with Gasteiger partial charge in [0, 0.05) is 21.4 Å². The Kier molecular flexibility index (Phi) is 4.58. The number of rotatable bonds is 4. The molecule has 5 nitrogen and oxygen atoms in total. The number of halogens is 1. The minimum atomic E-state index is -0.0464. The molecule has 7 heteroatoms. The summed E-state index contributed by atoms with van der Waals surface area (Å²) in [5, 5.41) is 11.1. The lowest BCUT2D eigenvalue weighted by Gasteiger charge is -2.04. The summed E-state index contributed by atoms with van der Waals surface area (Å²) < 4.78 is 7.44. The van der Waals surface area contributed by atoms with Crippen molar-refractivity contribution in [1.82, 2.24) is 14.8 Å². The third-order valence-corrected chi connectivity index (χ3v) is 5.66. The van der Waals surface area contributed by atoms with E-state index >= 15 is 0 Å². The van der Waals surface area contributed by atoms with E-state index in [9.17, 15) is 4.79 Å². The fourth-order valence-electron chi connectivity index (χ4n) is 3.39. The maximum Gasteiger partial charge on any atom is 0.277 e. The van der Waals surface area contributed by atoms with Crippen LogP contribution >= 0.6 is 23.4 Å². The van der Waals surface area contributed by atoms with E-state index in [0.29, 0.717) is 16.1 Å². The lowest BCUT2D eigenvalue weighted by molar-refractivity contribution is 0.0951. The number of carbonyl (C=O) groups is 1. The highest BCUT2D eigenvalue weighted by atomic mass is 35.5.